The second-order valence-corrected chi connectivity index (χ2v) is 8.53. The average Bonchev–Trinajstić information content (AvgIpc) is 3.44. The average molecular weight is 479 g/mol. The lowest BCUT2D eigenvalue weighted by Gasteiger charge is -2.35. The van der Waals surface area contributed by atoms with E-state index in [9.17, 15) is 5.11 Å². The van der Waals surface area contributed by atoms with E-state index in [1.165, 1.54) is 16.7 Å². The molecule has 1 saturated heterocycles. The number of aliphatic hydroxyl groups excluding tert-OH is 1. The topological polar surface area (TPSA) is 35.9 Å². The maximum Gasteiger partial charge on any atom is 0.108 e. The van der Waals surface area contributed by atoms with E-state index in [1.807, 2.05) is 39.8 Å². The van der Waals surface area contributed by atoms with Gasteiger partial charge in [0.05, 0.1) is 12.7 Å². The number of piperazine rings is 1. The Morgan fingerprint density at radius 3 is 1.86 bits per heavy atom. The molecule has 4 heteroatoms. The third-order valence-corrected chi connectivity index (χ3v) is 6.18. The van der Waals surface area contributed by atoms with Crippen molar-refractivity contribution in [2.75, 3.05) is 45.9 Å². The predicted octanol–water partition coefficient (Wildman–Crippen LogP) is 6.10. The highest BCUT2D eigenvalue weighted by molar-refractivity contribution is 5.29. The maximum atomic E-state index is 10.4. The van der Waals surface area contributed by atoms with Gasteiger partial charge in [0.15, 0.2) is 0 Å². The van der Waals surface area contributed by atoms with E-state index in [2.05, 4.69) is 76.6 Å². The van der Waals surface area contributed by atoms with E-state index < -0.39 is 0 Å². The van der Waals surface area contributed by atoms with Crippen LogP contribution in [0.4, 0.5) is 0 Å². The molecule has 0 bridgehead atoms. The van der Waals surface area contributed by atoms with Gasteiger partial charge in [0.25, 0.3) is 0 Å². The van der Waals surface area contributed by atoms with Crippen LogP contribution >= 0.6 is 0 Å². The summed E-state index contributed by atoms with van der Waals surface area (Å²) < 4.78 is 6.38. The highest BCUT2D eigenvalue weighted by Gasteiger charge is 2.21. The fourth-order valence-corrected chi connectivity index (χ4v) is 4.44. The van der Waals surface area contributed by atoms with Gasteiger partial charge in [0.1, 0.15) is 6.10 Å². The molecule has 35 heavy (non-hydrogen) atoms. The number of benzene rings is 2. The van der Waals surface area contributed by atoms with Crippen LogP contribution in [0.15, 0.2) is 84.5 Å². The summed E-state index contributed by atoms with van der Waals surface area (Å²) in [5.41, 5.74) is 3.73. The zero-order valence-corrected chi connectivity index (χ0v) is 22.3. The number of hydrogen-bond acceptors (Lipinski definition) is 4. The van der Waals surface area contributed by atoms with E-state index in [-0.39, 0.29) is 12.2 Å². The standard InChI is InChI=1S/C27H34N2O2.2C2H6/c30-26(21-23-9-7-8-10-23)22-29-17-15-28(16-18-29)19-20-31-27(24-11-3-1-4-12-24)25-13-5-2-6-14-25;2*1-2/h1-9,11-14,26-27,30H,10,15-22H2;2*1-2H3. The van der Waals surface area contributed by atoms with Crippen molar-refractivity contribution in [2.24, 2.45) is 0 Å². The Labute approximate surface area is 213 Å². The van der Waals surface area contributed by atoms with Crippen LogP contribution in [0, 0.1) is 0 Å². The lowest BCUT2D eigenvalue weighted by atomic mass is 10.0. The largest absolute Gasteiger partial charge is 0.391 e. The van der Waals surface area contributed by atoms with Gasteiger partial charge >= 0.3 is 0 Å². The smallest absolute Gasteiger partial charge is 0.108 e. The molecule has 4 nitrogen and oxygen atoms in total. The lowest BCUT2D eigenvalue weighted by molar-refractivity contribution is 0.0353. The van der Waals surface area contributed by atoms with Crippen molar-refractivity contribution >= 4 is 0 Å². The molecule has 0 aromatic heterocycles. The first kappa shape index (κ1) is 29.0. The molecular formula is C31H46N2O2. The first-order valence-corrected chi connectivity index (χ1v) is 13.5. The summed E-state index contributed by atoms with van der Waals surface area (Å²) in [5.74, 6) is 0. The van der Waals surface area contributed by atoms with Crippen LogP contribution in [0.25, 0.3) is 0 Å². The zero-order chi connectivity index (χ0) is 25.3. The molecule has 4 rings (SSSR count). The van der Waals surface area contributed by atoms with Crippen LogP contribution in [-0.2, 0) is 4.74 Å². The molecule has 0 spiro atoms. The molecule has 0 saturated carbocycles. The first-order valence-electron chi connectivity index (χ1n) is 13.5. The SMILES string of the molecule is CC.CC.OC(CC1=CC=CC1)CN1CCN(CCOC(c2ccccc2)c2ccccc2)CC1. The minimum absolute atomic E-state index is 0.0294. The predicted molar refractivity (Wildman–Crippen MR) is 149 cm³/mol. The van der Waals surface area contributed by atoms with E-state index in [0.717, 1.165) is 52.1 Å². The van der Waals surface area contributed by atoms with Crippen molar-refractivity contribution in [3.63, 3.8) is 0 Å². The highest BCUT2D eigenvalue weighted by atomic mass is 16.5. The Balaban J connectivity index is 0.00000103. The van der Waals surface area contributed by atoms with Gasteiger partial charge in [0.2, 0.25) is 0 Å². The molecule has 2 aromatic rings. The molecule has 2 aromatic carbocycles. The Morgan fingerprint density at radius 2 is 1.34 bits per heavy atom. The van der Waals surface area contributed by atoms with E-state index >= 15 is 0 Å². The number of allylic oxidation sites excluding steroid dienone is 3. The maximum absolute atomic E-state index is 10.4. The normalized spacial score (nSPS) is 16.7. The van der Waals surface area contributed by atoms with Gasteiger partial charge in [-0.3, -0.25) is 9.80 Å². The number of ether oxygens (including phenoxy) is 1. The summed E-state index contributed by atoms with van der Waals surface area (Å²) in [4.78, 5) is 4.86. The van der Waals surface area contributed by atoms with Gasteiger partial charge in [-0.15, -0.1) is 0 Å². The van der Waals surface area contributed by atoms with Crippen molar-refractivity contribution in [2.45, 2.75) is 52.7 Å². The van der Waals surface area contributed by atoms with Gasteiger partial charge in [-0.25, -0.2) is 0 Å². The van der Waals surface area contributed by atoms with E-state index in [4.69, 9.17) is 4.74 Å². The number of aliphatic hydroxyl groups is 1. The van der Waals surface area contributed by atoms with Crippen LogP contribution in [-0.4, -0.2) is 66.9 Å². The Hall–Kier alpha value is -2.24. The molecule has 1 atom stereocenters. The first-order chi connectivity index (χ1) is 17.3. The van der Waals surface area contributed by atoms with Crippen LogP contribution in [0.2, 0.25) is 0 Å². The van der Waals surface area contributed by atoms with E-state index in [0.29, 0.717) is 6.61 Å². The van der Waals surface area contributed by atoms with Crippen LogP contribution < -0.4 is 0 Å². The van der Waals surface area contributed by atoms with Crippen LogP contribution in [0.3, 0.4) is 0 Å². The number of hydrogen-bond donors (Lipinski definition) is 1. The summed E-state index contributed by atoms with van der Waals surface area (Å²) in [6.45, 7) is 14.5. The molecule has 1 aliphatic carbocycles. The number of rotatable bonds is 10. The third-order valence-electron chi connectivity index (χ3n) is 6.18. The second kappa shape index (κ2) is 17.2. The quantitative estimate of drug-likeness (QED) is 0.448. The second-order valence-electron chi connectivity index (χ2n) is 8.53. The molecule has 0 amide bonds. The molecular weight excluding hydrogens is 432 g/mol. The zero-order valence-electron chi connectivity index (χ0n) is 22.3. The van der Waals surface area contributed by atoms with Crippen molar-refractivity contribution in [3.05, 3.63) is 95.6 Å². The Kier molecular flexibility index (Phi) is 14.3. The summed E-state index contributed by atoms with van der Waals surface area (Å²) in [6.07, 6.45) is 7.88. The van der Waals surface area contributed by atoms with Gasteiger partial charge < -0.3 is 9.84 Å². The molecule has 1 aliphatic heterocycles. The molecule has 1 unspecified atom stereocenters. The Bertz CT molecular complexity index is 803. The summed E-state index contributed by atoms with van der Waals surface area (Å²) in [5, 5.41) is 10.4. The minimum atomic E-state index is -0.265. The Morgan fingerprint density at radius 1 is 0.800 bits per heavy atom. The molecule has 1 fully saturated rings. The van der Waals surface area contributed by atoms with Gasteiger partial charge in [-0.1, -0.05) is 112 Å². The van der Waals surface area contributed by atoms with Crippen molar-refractivity contribution in [1.29, 1.82) is 0 Å². The number of nitrogens with zero attached hydrogens (tertiary/aromatic N) is 2. The van der Waals surface area contributed by atoms with Crippen LogP contribution in [0.5, 0.6) is 0 Å². The van der Waals surface area contributed by atoms with Gasteiger partial charge in [-0.2, -0.15) is 0 Å². The monoisotopic (exact) mass is 478 g/mol. The summed E-state index contributed by atoms with van der Waals surface area (Å²) >= 11 is 0. The van der Waals surface area contributed by atoms with Crippen molar-refractivity contribution in [1.82, 2.24) is 9.80 Å². The molecule has 1 heterocycles. The van der Waals surface area contributed by atoms with Crippen molar-refractivity contribution < 1.29 is 9.84 Å². The molecule has 0 radical (unpaired) electrons. The fraction of sp³-hybridized carbons (Fsp3) is 0.484. The summed E-state index contributed by atoms with van der Waals surface area (Å²) in [7, 11) is 0. The van der Waals surface area contributed by atoms with E-state index in [1.54, 1.807) is 0 Å². The fourth-order valence-electron chi connectivity index (χ4n) is 4.44. The molecule has 2 aliphatic rings. The van der Waals surface area contributed by atoms with Crippen molar-refractivity contribution in [3.8, 4) is 0 Å². The lowest BCUT2D eigenvalue weighted by Crippen LogP contribution is -2.49. The molecule has 192 valence electrons. The highest BCUT2D eigenvalue weighted by Crippen LogP contribution is 2.25. The van der Waals surface area contributed by atoms with Gasteiger partial charge in [-0.05, 0) is 24.0 Å². The number of β-amino-alcohol motifs (C(OH)–C–C–N with tert-alkyl or cyclic N) is 1. The molecule has 1 N–H and O–H groups in total. The van der Waals surface area contributed by atoms with Crippen LogP contribution in [0.1, 0.15) is 57.8 Å². The summed E-state index contributed by atoms with van der Waals surface area (Å²) in [6, 6.07) is 20.9. The van der Waals surface area contributed by atoms with Gasteiger partial charge in [0, 0.05) is 39.3 Å². The minimum Gasteiger partial charge on any atom is -0.391 e. The third kappa shape index (κ3) is 10.1.